The van der Waals surface area contributed by atoms with Gasteiger partial charge in [-0.2, -0.15) is 0 Å². The molecule has 1 aromatic carbocycles. The van der Waals surface area contributed by atoms with Gasteiger partial charge in [-0.05, 0) is 31.5 Å². The van der Waals surface area contributed by atoms with Crippen LogP contribution in [0.2, 0.25) is 0 Å². The molecule has 0 spiro atoms. The third kappa shape index (κ3) is 4.34. The first-order valence-electron chi connectivity index (χ1n) is 5.89. The van der Waals surface area contributed by atoms with Gasteiger partial charge in [0, 0.05) is 19.8 Å². The molecule has 4 nitrogen and oxygen atoms in total. The van der Waals surface area contributed by atoms with Crippen LogP contribution in [-0.4, -0.2) is 26.8 Å². The maximum absolute atomic E-state index is 5.59. The number of ether oxygens (including phenoxy) is 1. The maximum atomic E-state index is 5.59. The predicted octanol–water partition coefficient (Wildman–Crippen LogP) is 1.68. The normalized spacial score (nSPS) is 12.8. The van der Waals surface area contributed by atoms with E-state index in [2.05, 4.69) is 28.5 Å². The number of nitrogens with two attached hydrogens (primary N) is 1. The Hall–Kier alpha value is -1.10. The van der Waals surface area contributed by atoms with E-state index in [1.165, 1.54) is 0 Å². The Balaban J connectivity index is 2.77. The Kier molecular flexibility index (Phi) is 5.41. The average molecular weight is 237 g/mol. The Labute approximate surface area is 104 Å². The van der Waals surface area contributed by atoms with Crippen molar-refractivity contribution in [1.82, 2.24) is 5.43 Å². The Bertz CT molecular complexity index is 339. The molecule has 1 aromatic rings. The predicted molar refractivity (Wildman–Crippen MR) is 71.9 cm³/mol. The van der Waals surface area contributed by atoms with E-state index in [9.17, 15) is 0 Å². The SMILES string of the molecule is CC(C)OCC(NN)c1cccc(N(C)C)c1. The average Bonchev–Trinajstić information content (AvgIpc) is 2.30. The quantitative estimate of drug-likeness (QED) is 0.584. The second kappa shape index (κ2) is 6.59. The summed E-state index contributed by atoms with van der Waals surface area (Å²) in [5.74, 6) is 5.57. The number of anilines is 1. The number of nitrogens with one attached hydrogen (secondary N) is 1. The molecule has 0 bridgehead atoms. The summed E-state index contributed by atoms with van der Waals surface area (Å²) in [6.07, 6.45) is 0.211. The molecule has 0 heterocycles. The molecule has 1 atom stereocenters. The van der Waals surface area contributed by atoms with Crippen molar-refractivity contribution in [2.45, 2.75) is 26.0 Å². The molecule has 1 rings (SSSR count). The molecule has 0 aliphatic heterocycles. The van der Waals surface area contributed by atoms with Crippen molar-refractivity contribution >= 4 is 5.69 Å². The van der Waals surface area contributed by atoms with E-state index in [-0.39, 0.29) is 12.1 Å². The van der Waals surface area contributed by atoms with Gasteiger partial charge < -0.3 is 9.64 Å². The molecule has 17 heavy (non-hydrogen) atoms. The topological polar surface area (TPSA) is 50.5 Å². The summed E-state index contributed by atoms with van der Waals surface area (Å²) in [4.78, 5) is 2.07. The molecule has 0 radical (unpaired) electrons. The van der Waals surface area contributed by atoms with Gasteiger partial charge in [0.2, 0.25) is 0 Å². The zero-order valence-corrected chi connectivity index (χ0v) is 11.1. The van der Waals surface area contributed by atoms with Crippen molar-refractivity contribution < 1.29 is 4.74 Å². The fraction of sp³-hybridized carbons (Fsp3) is 0.538. The first kappa shape index (κ1) is 14.0. The van der Waals surface area contributed by atoms with Crippen molar-refractivity contribution in [3.05, 3.63) is 29.8 Å². The molecule has 0 aliphatic rings. The van der Waals surface area contributed by atoms with E-state index >= 15 is 0 Å². The van der Waals surface area contributed by atoms with Gasteiger partial charge in [0.15, 0.2) is 0 Å². The number of rotatable bonds is 6. The smallest absolute Gasteiger partial charge is 0.0694 e. The fourth-order valence-electron chi connectivity index (χ4n) is 1.55. The molecular formula is C13H23N3O. The largest absolute Gasteiger partial charge is 0.378 e. The lowest BCUT2D eigenvalue weighted by Gasteiger charge is -2.20. The molecule has 0 aromatic heterocycles. The molecule has 0 aliphatic carbocycles. The van der Waals surface area contributed by atoms with Gasteiger partial charge in [0.25, 0.3) is 0 Å². The van der Waals surface area contributed by atoms with Crippen molar-refractivity contribution in [3.8, 4) is 0 Å². The van der Waals surface area contributed by atoms with Crippen LogP contribution in [0.25, 0.3) is 0 Å². The minimum absolute atomic E-state index is 0.0253. The van der Waals surface area contributed by atoms with Gasteiger partial charge in [-0.25, -0.2) is 0 Å². The zero-order valence-electron chi connectivity index (χ0n) is 11.1. The Morgan fingerprint density at radius 3 is 2.59 bits per heavy atom. The third-order valence-electron chi connectivity index (χ3n) is 2.59. The summed E-state index contributed by atoms with van der Waals surface area (Å²) in [7, 11) is 4.04. The number of hydrogen-bond acceptors (Lipinski definition) is 4. The van der Waals surface area contributed by atoms with Crippen LogP contribution in [0.4, 0.5) is 5.69 Å². The molecule has 3 N–H and O–H groups in total. The molecule has 4 heteroatoms. The summed E-state index contributed by atoms with van der Waals surface area (Å²) in [6.45, 7) is 4.61. The Morgan fingerprint density at radius 1 is 1.35 bits per heavy atom. The van der Waals surface area contributed by atoms with Crippen molar-refractivity contribution in [2.24, 2.45) is 5.84 Å². The first-order chi connectivity index (χ1) is 8.04. The number of hydrazine groups is 1. The third-order valence-corrected chi connectivity index (χ3v) is 2.59. The van der Waals surface area contributed by atoms with Crippen molar-refractivity contribution in [2.75, 3.05) is 25.6 Å². The molecular weight excluding hydrogens is 214 g/mol. The maximum Gasteiger partial charge on any atom is 0.0694 e. The number of hydrogen-bond donors (Lipinski definition) is 2. The molecule has 1 unspecified atom stereocenters. The van der Waals surface area contributed by atoms with Gasteiger partial charge in [-0.3, -0.25) is 11.3 Å². The van der Waals surface area contributed by atoms with Crippen LogP contribution in [0.15, 0.2) is 24.3 Å². The van der Waals surface area contributed by atoms with Crippen LogP contribution in [-0.2, 0) is 4.74 Å². The molecule has 0 amide bonds. The lowest BCUT2D eigenvalue weighted by atomic mass is 10.1. The van der Waals surface area contributed by atoms with Crippen LogP contribution >= 0.6 is 0 Å². The van der Waals surface area contributed by atoms with Crippen LogP contribution < -0.4 is 16.2 Å². The van der Waals surface area contributed by atoms with Crippen molar-refractivity contribution in [1.29, 1.82) is 0 Å². The van der Waals surface area contributed by atoms with E-state index in [0.29, 0.717) is 6.61 Å². The highest BCUT2D eigenvalue weighted by Gasteiger charge is 2.11. The second-order valence-corrected chi connectivity index (χ2v) is 4.59. The van der Waals surface area contributed by atoms with Crippen LogP contribution in [0.1, 0.15) is 25.5 Å². The highest BCUT2D eigenvalue weighted by molar-refractivity contribution is 5.47. The van der Waals surface area contributed by atoms with Crippen LogP contribution in [0, 0.1) is 0 Å². The first-order valence-corrected chi connectivity index (χ1v) is 5.89. The van der Waals surface area contributed by atoms with Crippen molar-refractivity contribution in [3.63, 3.8) is 0 Å². The van der Waals surface area contributed by atoms with Gasteiger partial charge in [0.1, 0.15) is 0 Å². The van der Waals surface area contributed by atoms with E-state index in [1.807, 2.05) is 34.0 Å². The van der Waals surface area contributed by atoms with E-state index < -0.39 is 0 Å². The second-order valence-electron chi connectivity index (χ2n) is 4.59. The summed E-state index contributed by atoms with van der Waals surface area (Å²) in [5.41, 5.74) is 5.09. The van der Waals surface area contributed by atoms with E-state index in [1.54, 1.807) is 0 Å². The monoisotopic (exact) mass is 237 g/mol. The standard InChI is InChI=1S/C13H23N3O/c1-10(2)17-9-13(15-14)11-6-5-7-12(8-11)16(3)4/h5-8,10,13,15H,9,14H2,1-4H3. The lowest BCUT2D eigenvalue weighted by Crippen LogP contribution is -2.32. The zero-order chi connectivity index (χ0) is 12.8. The molecule has 96 valence electrons. The number of nitrogens with zero attached hydrogens (tertiary/aromatic N) is 1. The minimum atomic E-state index is 0.0253. The lowest BCUT2D eigenvalue weighted by molar-refractivity contribution is 0.0611. The summed E-state index contributed by atoms with van der Waals surface area (Å²) >= 11 is 0. The number of benzene rings is 1. The van der Waals surface area contributed by atoms with Gasteiger partial charge in [-0.15, -0.1) is 0 Å². The minimum Gasteiger partial charge on any atom is -0.378 e. The summed E-state index contributed by atoms with van der Waals surface area (Å²) in [6, 6.07) is 8.30. The molecule has 0 fully saturated rings. The van der Waals surface area contributed by atoms with Gasteiger partial charge >= 0.3 is 0 Å². The highest BCUT2D eigenvalue weighted by atomic mass is 16.5. The van der Waals surface area contributed by atoms with Crippen LogP contribution in [0.5, 0.6) is 0 Å². The Morgan fingerprint density at radius 2 is 2.06 bits per heavy atom. The van der Waals surface area contributed by atoms with E-state index in [4.69, 9.17) is 10.6 Å². The fourth-order valence-corrected chi connectivity index (χ4v) is 1.55. The van der Waals surface area contributed by atoms with E-state index in [0.717, 1.165) is 11.3 Å². The highest BCUT2D eigenvalue weighted by Crippen LogP contribution is 2.19. The van der Waals surface area contributed by atoms with Gasteiger partial charge in [0.05, 0.1) is 18.8 Å². The molecule has 0 saturated heterocycles. The summed E-state index contributed by atoms with van der Waals surface area (Å²) < 4.78 is 5.59. The van der Waals surface area contributed by atoms with Crippen LogP contribution in [0.3, 0.4) is 0 Å². The summed E-state index contributed by atoms with van der Waals surface area (Å²) in [5, 5.41) is 0. The van der Waals surface area contributed by atoms with Gasteiger partial charge in [-0.1, -0.05) is 12.1 Å². The molecule has 0 saturated carbocycles.